The van der Waals surface area contributed by atoms with Crippen molar-refractivity contribution in [2.75, 3.05) is 13.7 Å². The van der Waals surface area contributed by atoms with Gasteiger partial charge in [0.25, 0.3) is 0 Å². The predicted octanol–water partition coefficient (Wildman–Crippen LogP) is 3.20. The first-order chi connectivity index (χ1) is 10.9. The zero-order chi connectivity index (χ0) is 16.4. The van der Waals surface area contributed by atoms with E-state index in [1.165, 1.54) is 17.5 Å². The van der Waals surface area contributed by atoms with E-state index in [1.807, 2.05) is 20.8 Å². The van der Waals surface area contributed by atoms with Gasteiger partial charge >= 0.3 is 0 Å². The predicted molar refractivity (Wildman–Crippen MR) is 91.9 cm³/mol. The van der Waals surface area contributed by atoms with Crippen LogP contribution in [0.3, 0.4) is 0 Å². The Morgan fingerprint density at radius 2 is 2.04 bits per heavy atom. The number of hydrogen-bond donors (Lipinski definition) is 1. The number of ether oxygens (including phenoxy) is 1. The number of piperidine rings is 2. The normalized spacial score (nSPS) is 36.0. The average molecular weight is 315 g/mol. The van der Waals surface area contributed by atoms with Crippen LogP contribution in [0, 0.1) is 11.8 Å². The monoisotopic (exact) mass is 315 g/mol. The van der Waals surface area contributed by atoms with Crippen molar-refractivity contribution in [2.24, 2.45) is 11.8 Å². The first kappa shape index (κ1) is 15.5. The van der Waals surface area contributed by atoms with Crippen molar-refractivity contribution in [3.05, 3.63) is 29.3 Å². The molecule has 1 N–H and O–H groups in total. The smallest absolute Gasteiger partial charge is 0.119 e. The van der Waals surface area contributed by atoms with Gasteiger partial charge in [-0.3, -0.25) is 4.90 Å². The number of likely N-dealkylation sites (N-methyl/N-ethyl adjacent to an activating group) is 1. The van der Waals surface area contributed by atoms with E-state index in [0.29, 0.717) is 29.8 Å². The van der Waals surface area contributed by atoms with Gasteiger partial charge in [-0.2, -0.15) is 0 Å². The second kappa shape index (κ2) is 5.22. The van der Waals surface area contributed by atoms with Crippen LogP contribution in [0.5, 0.6) is 5.75 Å². The Hall–Kier alpha value is -1.06. The van der Waals surface area contributed by atoms with Crippen molar-refractivity contribution in [1.82, 2.24) is 4.90 Å². The number of nitrogens with zero attached hydrogens (tertiary/aromatic N) is 1. The van der Waals surface area contributed by atoms with Gasteiger partial charge in [0.15, 0.2) is 0 Å². The molecule has 0 amide bonds. The van der Waals surface area contributed by atoms with Crippen LogP contribution >= 0.6 is 0 Å². The van der Waals surface area contributed by atoms with Crippen molar-refractivity contribution < 1.29 is 9.84 Å². The molecular formula is C20H29NO2. The fourth-order valence-electron chi connectivity index (χ4n) is 5.64. The quantitative estimate of drug-likeness (QED) is 0.930. The maximum absolute atomic E-state index is 10.6. The van der Waals surface area contributed by atoms with E-state index >= 15 is 0 Å². The topological polar surface area (TPSA) is 32.7 Å². The van der Waals surface area contributed by atoms with Crippen molar-refractivity contribution in [1.29, 1.82) is 0 Å². The van der Waals surface area contributed by atoms with Crippen LogP contribution in [-0.2, 0) is 6.42 Å². The Balaban J connectivity index is 1.70. The Morgan fingerprint density at radius 1 is 1.26 bits per heavy atom. The lowest BCUT2D eigenvalue weighted by Gasteiger charge is -2.61. The molecule has 2 saturated heterocycles. The van der Waals surface area contributed by atoms with Crippen LogP contribution in [0.2, 0.25) is 0 Å². The molecule has 23 heavy (non-hydrogen) atoms. The zero-order valence-corrected chi connectivity index (χ0v) is 14.7. The summed E-state index contributed by atoms with van der Waals surface area (Å²) in [6, 6.07) is 7.84. The van der Waals surface area contributed by atoms with Gasteiger partial charge in [0.2, 0.25) is 0 Å². The number of fused-ring (bicyclic) bond motifs is 2. The first-order valence-corrected chi connectivity index (χ1v) is 9.10. The molecule has 2 aliphatic carbocycles. The summed E-state index contributed by atoms with van der Waals surface area (Å²) in [6.07, 6.45) is 3.48. The molecule has 126 valence electrons. The summed E-state index contributed by atoms with van der Waals surface area (Å²) in [5.41, 5.74) is 2.44. The Morgan fingerprint density at radius 3 is 2.74 bits per heavy atom. The molecule has 0 radical (unpaired) electrons. The van der Waals surface area contributed by atoms with Crippen molar-refractivity contribution in [2.45, 2.75) is 63.6 Å². The van der Waals surface area contributed by atoms with E-state index in [0.717, 1.165) is 25.2 Å². The molecule has 3 fully saturated rings. The van der Waals surface area contributed by atoms with Gasteiger partial charge in [0, 0.05) is 18.0 Å². The fraction of sp³-hybridized carbons (Fsp3) is 0.700. The third-order valence-corrected chi connectivity index (χ3v) is 6.71. The van der Waals surface area contributed by atoms with E-state index in [9.17, 15) is 5.11 Å². The molecule has 0 aromatic heterocycles. The highest BCUT2D eigenvalue weighted by Gasteiger charge is 2.55. The summed E-state index contributed by atoms with van der Waals surface area (Å²) in [5.74, 6) is 2.72. The summed E-state index contributed by atoms with van der Waals surface area (Å²) in [4.78, 5) is 2.58. The Bertz CT molecular complexity index is 606. The third kappa shape index (κ3) is 2.32. The van der Waals surface area contributed by atoms with Gasteiger partial charge < -0.3 is 9.84 Å². The average Bonchev–Trinajstić information content (AvgIpc) is 2.51. The largest absolute Gasteiger partial charge is 0.494 e. The van der Waals surface area contributed by atoms with Crippen LogP contribution in [0.4, 0.5) is 0 Å². The van der Waals surface area contributed by atoms with E-state index in [4.69, 9.17) is 4.74 Å². The molecule has 1 aromatic carbocycles. The second-order valence-corrected chi connectivity index (χ2v) is 8.30. The summed E-state index contributed by atoms with van der Waals surface area (Å²) >= 11 is 0. The first-order valence-electron chi connectivity index (χ1n) is 9.10. The minimum absolute atomic E-state index is 0.390. The van der Waals surface area contributed by atoms with E-state index in [2.05, 4.69) is 30.1 Å². The standard InChI is InChI=1S/C20H29NO2/c1-5-23-13-7-6-12-8-18-16-10-17(20(2,3)22)19(21(18)4)11-15(16)14(12)9-13/h6-7,9,15-19,22H,5,8,10-11H2,1-4H3. The summed E-state index contributed by atoms with van der Waals surface area (Å²) in [5, 5.41) is 10.6. The van der Waals surface area contributed by atoms with Gasteiger partial charge in [-0.15, -0.1) is 0 Å². The molecule has 5 unspecified atom stereocenters. The molecule has 0 spiro atoms. The third-order valence-electron chi connectivity index (χ3n) is 6.71. The molecule has 4 bridgehead atoms. The maximum atomic E-state index is 10.6. The van der Waals surface area contributed by atoms with Crippen molar-refractivity contribution in [3.8, 4) is 5.75 Å². The number of rotatable bonds is 3. The zero-order valence-electron chi connectivity index (χ0n) is 14.7. The fourth-order valence-corrected chi connectivity index (χ4v) is 5.64. The number of hydrogen-bond acceptors (Lipinski definition) is 3. The van der Waals surface area contributed by atoms with Crippen LogP contribution < -0.4 is 4.74 Å². The summed E-state index contributed by atoms with van der Waals surface area (Å²) < 4.78 is 5.74. The molecule has 2 aliphatic heterocycles. The minimum atomic E-state index is -0.581. The second-order valence-electron chi connectivity index (χ2n) is 8.30. The highest BCUT2D eigenvalue weighted by Crippen LogP contribution is 2.56. The minimum Gasteiger partial charge on any atom is -0.494 e. The van der Waals surface area contributed by atoms with Gasteiger partial charge in [0.05, 0.1) is 12.2 Å². The molecular weight excluding hydrogens is 286 g/mol. The van der Waals surface area contributed by atoms with E-state index in [1.54, 1.807) is 0 Å². The molecule has 2 heterocycles. The lowest BCUT2D eigenvalue weighted by atomic mass is 9.55. The van der Waals surface area contributed by atoms with E-state index < -0.39 is 5.60 Å². The molecule has 1 saturated carbocycles. The van der Waals surface area contributed by atoms with Crippen LogP contribution in [-0.4, -0.2) is 41.3 Å². The van der Waals surface area contributed by atoms with Crippen molar-refractivity contribution >= 4 is 0 Å². The van der Waals surface area contributed by atoms with Gasteiger partial charge in [-0.1, -0.05) is 6.07 Å². The van der Waals surface area contributed by atoms with Crippen LogP contribution in [0.25, 0.3) is 0 Å². The molecule has 1 aromatic rings. The number of aliphatic hydroxyl groups is 1. The van der Waals surface area contributed by atoms with Gasteiger partial charge in [-0.25, -0.2) is 0 Å². The van der Waals surface area contributed by atoms with Crippen LogP contribution in [0.1, 0.15) is 50.7 Å². The van der Waals surface area contributed by atoms with Crippen molar-refractivity contribution in [3.63, 3.8) is 0 Å². The maximum Gasteiger partial charge on any atom is 0.119 e. The molecule has 4 aliphatic rings. The molecule has 5 rings (SSSR count). The molecule has 3 heteroatoms. The van der Waals surface area contributed by atoms with E-state index in [-0.39, 0.29) is 0 Å². The highest BCUT2D eigenvalue weighted by atomic mass is 16.5. The molecule has 5 atom stereocenters. The number of benzene rings is 1. The summed E-state index contributed by atoms with van der Waals surface area (Å²) in [7, 11) is 2.27. The summed E-state index contributed by atoms with van der Waals surface area (Å²) in [6.45, 7) is 6.74. The highest BCUT2D eigenvalue weighted by molar-refractivity contribution is 5.43. The lowest BCUT2D eigenvalue weighted by Crippen LogP contribution is -2.65. The van der Waals surface area contributed by atoms with Gasteiger partial charge in [-0.05, 0) is 82.2 Å². The SMILES string of the molecule is CCOc1ccc2c(c1)C1CC3C(C(C)(C)O)CC1C(C2)N3C. The van der Waals surface area contributed by atoms with Gasteiger partial charge in [0.1, 0.15) is 5.75 Å². The van der Waals surface area contributed by atoms with Crippen LogP contribution in [0.15, 0.2) is 18.2 Å². The lowest BCUT2D eigenvalue weighted by molar-refractivity contribution is -0.122. The molecule has 3 nitrogen and oxygen atoms in total. The Kier molecular flexibility index (Phi) is 3.51. The Labute approximate surface area is 139 Å².